The summed E-state index contributed by atoms with van der Waals surface area (Å²) in [5.41, 5.74) is 0.972. The van der Waals surface area contributed by atoms with E-state index in [1.54, 1.807) is 25.2 Å². The standard InChI is InChI=1S/C13H13ClN4O2/c1-15-11-6-8(5-10(14)18-11)13(19)17-9-3-4-12(20-2)16-7-9/h3-7H,1-2H3,(H,15,18)(H,17,19). The van der Waals surface area contributed by atoms with Crippen molar-refractivity contribution in [2.24, 2.45) is 0 Å². The van der Waals surface area contributed by atoms with Gasteiger partial charge < -0.3 is 15.4 Å². The van der Waals surface area contributed by atoms with Crippen LogP contribution < -0.4 is 15.4 Å². The van der Waals surface area contributed by atoms with Crippen molar-refractivity contribution in [2.75, 3.05) is 24.8 Å². The molecule has 0 bridgehead atoms. The van der Waals surface area contributed by atoms with E-state index in [4.69, 9.17) is 16.3 Å². The summed E-state index contributed by atoms with van der Waals surface area (Å²) >= 11 is 5.86. The van der Waals surface area contributed by atoms with Gasteiger partial charge in [-0.05, 0) is 18.2 Å². The molecule has 2 N–H and O–H groups in total. The summed E-state index contributed by atoms with van der Waals surface area (Å²) in [6.45, 7) is 0. The first-order chi connectivity index (χ1) is 9.62. The van der Waals surface area contributed by atoms with Crippen molar-refractivity contribution in [3.05, 3.63) is 41.2 Å². The minimum absolute atomic E-state index is 0.245. The summed E-state index contributed by atoms with van der Waals surface area (Å²) in [4.78, 5) is 20.1. The molecule has 104 valence electrons. The molecule has 0 aliphatic carbocycles. The highest BCUT2D eigenvalue weighted by atomic mass is 35.5. The number of carbonyl (C=O) groups excluding carboxylic acids is 1. The number of nitrogens with one attached hydrogen (secondary N) is 2. The fourth-order valence-corrected chi connectivity index (χ4v) is 1.74. The summed E-state index contributed by atoms with van der Waals surface area (Å²) in [5, 5.41) is 5.80. The van der Waals surface area contributed by atoms with Crippen LogP contribution in [0.5, 0.6) is 5.88 Å². The molecule has 20 heavy (non-hydrogen) atoms. The molecule has 2 rings (SSSR count). The molecule has 0 spiro atoms. The number of hydrogen-bond donors (Lipinski definition) is 2. The van der Waals surface area contributed by atoms with E-state index in [0.29, 0.717) is 22.9 Å². The van der Waals surface area contributed by atoms with Gasteiger partial charge >= 0.3 is 0 Å². The van der Waals surface area contributed by atoms with Gasteiger partial charge in [-0.3, -0.25) is 4.79 Å². The zero-order chi connectivity index (χ0) is 14.5. The number of hydrogen-bond acceptors (Lipinski definition) is 5. The predicted octanol–water partition coefficient (Wildman–Crippen LogP) is 2.43. The number of aromatic nitrogens is 2. The second-order valence-corrected chi connectivity index (χ2v) is 4.24. The molecule has 0 radical (unpaired) electrons. The van der Waals surface area contributed by atoms with E-state index in [2.05, 4.69) is 20.6 Å². The Morgan fingerprint density at radius 3 is 2.75 bits per heavy atom. The largest absolute Gasteiger partial charge is 0.481 e. The molecule has 0 atom stereocenters. The molecule has 6 nitrogen and oxygen atoms in total. The first kappa shape index (κ1) is 14.1. The van der Waals surface area contributed by atoms with Crippen LogP contribution in [0.3, 0.4) is 0 Å². The molecule has 0 saturated heterocycles. The van der Waals surface area contributed by atoms with E-state index in [-0.39, 0.29) is 11.1 Å². The van der Waals surface area contributed by atoms with E-state index < -0.39 is 0 Å². The molecule has 0 aromatic carbocycles. The lowest BCUT2D eigenvalue weighted by molar-refractivity contribution is 0.102. The average Bonchev–Trinajstić information content (AvgIpc) is 2.47. The minimum Gasteiger partial charge on any atom is -0.481 e. The summed E-state index contributed by atoms with van der Waals surface area (Å²) in [6.07, 6.45) is 1.51. The van der Waals surface area contributed by atoms with Gasteiger partial charge in [0.15, 0.2) is 0 Å². The van der Waals surface area contributed by atoms with Crippen LogP contribution in [0.1, 0.15) is 10.4 Å². The second kappa shape index (κ2) is 6.21. The highest BCUT2D eigenvalue weighted by molar-refractivity contribution is 6.30. The first-order valence-corrected chi connectivity index (χ1v) is 6.17. The molecule has 2 heterocycles. The van der Waals surface area contributed by atoms with E-state index in [9.17, 15) is 4.79 Å². The normalized spacial score (nSPS) is 9.95. The van der Waals surface area contributed by atoms with Crippen molar-refractivity contribution in [3.8, 4) is 5.88 Å². The summed E-state index contributed by atoms with van der Waals surface area (Å²) in [6, 6.07) is 6.46. The number of carbonyl (C=O) groups is 1. The number of rotatable bonds is 4. The number of nitrogens with zero attached hydrogens (tertiary/aromatic N) is 2. The van der Waals surface area contributed by atoms with Crippen LogP contribution in [-0.2, 0) is 0 Å². The number of halogens is 1. The topological polar surface area (TPSA) is 76.1 Å². The Kier molecular flexibility index (Phi) is 4.37. The molecule has 0 aliphatic heterocycles. The van der Waals surface area contributed by atoms with Crippen LogP contribution in [0.15, 0.2) is 30.5 Å². The highest BCUT2D eigenvalue weighted by Gasteiger charge is 2.09. The quantitative estimate of drug-likeness (QED) is 0.847. The Hall–Kier alpha value is -2.34. The van der Waals surface area contributed by atoms with Crippen molar-refractivity contribution in [1.29, 1.82) is 0 Å². The maximum atomic E-state index is 12.1. The summed E-state index contributed by atoms with van der Waals surface area (Å²) in [5.74, 6) is 0.709. The SMILES string of the molecule is CNc1cc(C(=O)Nc2ccc(OC)nc2)cc(Cl)n1. The fraction of sp³-hybridized carbons (Fsp3) is 0.154. The third-order valence-electron chi connectivity index (χ3n) is 2.52. The van der Waals surface area contributed by atoms with Crippen molar-refractivity contribution >= 4 is 29.0 Å². The fourth-order valence-electron chi connectivity index (χ4n) is 1.53. The summed E-state index contributed by atoms with van der Waals surface area (Å²) < 4.78 is 4.95. The Bertz CT molecular complexity index is 616. The van der Waals surface area contributed by atoms with Crippen molar-refractivity contribution < 1.29 is 9.53 Å². The molecule has 0 fully saturated rings. The van der Waals surface area contributed by atoms with Gasteiger partial charge in [-0.1, -0.05) is 11.6 Å². The minimum atomic E-state index is -0.294. The van der Waals surface area contributed by atoms with E-state index >= 15 is 0 Å². The lowest BCUT2D eigenvalue weighted by atomic mass is 10.2. The molecule has 1 amide bonds. The van der Waals surface area contributed by atoms with Crippen LogP contribution in [-0.4, -0.2) is 30.0 Å². The molecule has 2 aromatic heterocycles. The monoisotopic (exact) mass is 292 g/mol. The van der Waals surface area contributed by atoms with Crippen LogP contribution in [0.2, 0.25) is 5.15 Å². The molecule has 7 heteroatoms. The van der Waals surface area contributed by atoms with E-state index in [1.165, 1.54) is 19.4 Å². The molecule has 2 aromatic rings. The lowest BCUT2D eigenvalue weighted by Crippen LogP contribution is -2.13. The molecule has 0 unspecified atom stereocenters. The predicted molar refractivity (Wildman–Crippen MR) is 77.5 cm³/mol. The number of amides is 1. The van der Waals surface area contributed by atoms with Crippen molar-refractivity contribution in [1.82, 2.24) is 9.97 Å². The van der Waals surface area contributed by atoms with E-state index in [1.807, 2.05) is 0 Å². The second-order valence-electron chi connectivity index (χ2n) is 3.86. The van der Waals surface area contributed by atoms with Gasteiger partial charge in [-0.25, -0.2) is 9.97 Å². The maximum Gasteiger partial charge on any atom is 0.255 e. The van der Waals surface area contributed by atoms with Crippen LogP contribution >= 0.6 is 11.6 Å². The average molecular weight is 293 g/mol. The van der Waals surface area contributed by atoms with Gasteiger partial charge in [0.05, 0.1) is 19.0 Å². The third kappa shape index (κ3) is 3.36. The van der Waals surface area contributed by atoms with Gasteiger partial charge in [0, 0.05) is 18.7 Å². The molecular formula is C13H13ClN4O2. The van der Waals surface area contributed by atoms with Gasteiger partial charge in [0.25, 0.3) is 5.91 Å². The Balaban J connectivity index is 2.16. The van der Waals surface area contributed by atoms with Crippen molar-refractivity contribution in [2.45, 2.75) is 0 Å². The Labute approximate surface area is 121 Å². The first-order valence-electron chi connectivity index (χ1n) is 5.79. The van der Waals surface area contributed by atoms with Crippen LogP contribution in [0.4, 0.5) is 11.5 Å². The number of anilines is 2. The zero-order valence-electron chi connectivity index (χ0n) is 11.0. The molecule has 0 aliphatic rings. The Morgan fingerprint density at radius 1 is 1.35 bits per heavy atom. The molecule has 0 saturated carbocycles. The summed E-state index contributed by atoms with van der Waals surface area (Å²) in [7, 11) is 3.23. The van der Waals surface area contributed by atoms with Crippen molar-refractivity contribution in [3.63, 3.8) is 0 Å². The van der Waals surface area contributed by atoms with Crippen LogP contribution in [0, 0.1) is 0 Å². The maximum absolute atomic E-state index is 12.1. The number of methoxy groups -OCH3 is 1. The van der Waals surface area contributed by atoms with Gasteiger partial charge in [0.1, 0.15) is 11.0 Å². The van der Waals surface area contributed by atoms with Gasteiger partial charge in [0.2, 0.25) is 5.88 Å². The number of ether oxygens (including phenoxy) is 1. The molecular weight excluding hydrogens is 280 g/mol. The smallest absolute Gasteiger partial charge is 0.255 e. The Morgan fingerprint density at radius 2 is 2.15 bits per heavy atom. The van der Waals surface area contributed by atoms with Gasteiger partial charge in [-0.15, -0.1) is 0 Å². The van der Waals surface area contributed by atoms with Gasteiger partial charge in [-0.2, -0.15) is 0 Å². The van der Waals surface area contributed by atoms with Crippen LogP contribution in [0.25, 0.3) is 0 Å². The lowest BCUT2D eigenvalue weighted by Gasteiger charge is -2.07. The highest BCUT2D eigenvalue weighted by Crippen LogP contribution is 2.16. The zero-order valence-corrected chi connectivity index (χ0v) is 11.7. The number of pyridine rings is 2. The van der Waals surface area contributed by atoms with E-state index in [0.717, 1.165) is 0 Å². The third-order valence-corrected chi connectivity index (χ3v) is 2.71.